The molecule has 0 spiro atoms. The van der Waals surface area contributed by atoms with Crippen LogP contribution in [0.4, 0.5) is 18.9 Å². The SMILES string of the molecule is CN=C(Nc1cc(SCC(F)(F)F)c(Cl)cc1Cl)c1ccccc1C. The number of hydrogen-bond acceptors (Lipinski definition) is 2. The van der Waals surface area contributed by atoms with Crippen LogP contribution in [0.2, 0.25) is 10.0 Å². The minimum Gasteiger partial charge on any atom is -0.339 e. The highest BCUT2D eigenvalue weighted by atomic mass is 35.5. The number of anilines is 1. The average Bonchev–Trinajstić information content (AvgIpc) is 2.53. The van der Waals surface area contributed by atoms with Gasteiger partial charge in [-0.1, -0.05) is 47.5 Å². The Morgan fingerprint density at radius 2 is 1.84 bits per heavy atom. The van der Waals surface area contributed by atoms with Crippen LogP contribution in [-0.4, -0.2) is 24.8 Å². The van der Waals surface area contributed by atoms with Crippen molar-refractivity contribution in [1.82, 2.24) is 0 Å². The first-order valence-corrected chi connectivity index (χ1v) is 8.94. The standard InChI is InChI=1S/C17H15Cl2F3N2S/c1-10-5-3-4-6-11(10)16(23-2)24-14-8-15(13(19)7-12(14)18)25-9-17(20,21)22/h3-8H,9H2,1-2H3,(H,23,24). The van der Waals surface area contributed by atoms with Gasteiger partial charge < -0.3 is 5.32 Å². The molecule has 0 atom stereocenters. The van der Waals surface area contributed by atoms with Crippen molar-refractivity contribution in [2.24, 2.45) is 4.99 Å². The molecule has 0 fully saturated rings. The summed E-state index contributed by atoms with van der Waals surface area (Å²) in [7, 11) is 1.62. The van der Waals surface area contributed by atoms with Gasteiger partial charge in [-0.3, -0.25) is 4.99 Å². The Kier molecular flexibility index (Phi) is 6.65. The predicted molar refractivity (Wildman–Crippen MR) is 101 cm³/mol. The van der Waals surface area contributed by atoms with Crippen molar-refractivity contribution in [3.63, 3.8) is 0 Å². The first kappa shape index (κ1) is 19.9. The van der Waals surface area contributed by atoms with Crippen LogP contribution < -0.4 is 5.32 Å². The fourth-order valence-corrected chi connectivity index (χ4v) is 3.42. The van der Waals surface area contributed by atoms with Gasteiger partial charge in [0.25, 0.3) is 0 Å². The largest absolute Gasteiger partial charge is 0.398 e. The average molecular weight is 407 g/mol. The molecule has 8 heteroatoms. The summed E-state index contributed by atoms with van der Waals surface area (Å²) in [6, 6.07) is 10.6. The number of nitrogens with zero attached hydrogens (tertiary/aromatic N) is 1. The van der Waals surface area contributed by atoms with Crippen LogP contribution in [0.25, 0.3) is 0 Å². The number of aryl methyl sites for hydroxylation is 1. The molecular formula is C17H15Cl2F3N2S. The second-order valence-electron chi connectivity index (χ2n) is 5.18. The molecule has 0 amide bonds. The zero-order chi connectivity index (χ0) is 18.6. The number of halogens is 5. The third-order valence-corrected chi connectivity index (χ3v) is 5.15. The summed E-state index contributed by atoms with van der Waals surface area (Å²) in [5.74, 6) is -0.463. The van der Waals surface area contributed by atoms with Crippen molar-refractivity contribution in [1.29, 1.82) is 0 Å². The van der Waals surface area contributed by atoms with Gasteiger partial charge in [0.15, 0.2) is 0 Å². The number of rotatable bonds is 4. The Hall–Kier alpha value is -1.37. The van der Waals surface area contributed by atoms with Crippen LogP contribution >= 0.6 is 35.0 Å². The molecule has 25 heavy (non-hydrogen) atoms. The molecule has 0 heterocycles. The van der Waals surface area contributed by atoms with E-state index in [0.29, 0.717) is 33.2 Å². The Balaban J connectivity index is 2.31. The quantitative estimate of drug-likeness (QED) is 0.358. The van der Waals surface area contributed by atoms with E-state index in [1.54, 1.807) is 7.05 Å². The van der Waals surface area contributed by atoms with Crippen molar-refractivity contribution < 1.29 is 13.2 Å². The molecular weight excluding hydrogens is 392 g/mol. The first-order chi connectivity index (χ1) is 11.7. The fourth-order valence-electron chi connectivity index (χ4n) is 2.10. The molecule has 134 valence electrons. The van der Waals surface area contributed by atoms with Crippen molar-refractivity contribution in [3.05, 3.63) is 57.6 Å². The molecule has 0 aliphatic rings. The molecule has 0 unspecified atom stereocenters. The van der Waals surface area contributed by atoms with Gasteiger partial charge >= 0.3 is 6.18 Å². The van der Waals surface area contributed by atoms with Crippen LogP contribution in [0.5, 0.6) is 0 Å². The van der Waals surface area contributed by atoms with Gasteiger partial charge in [-0.2, -0.15) is 13.2 Å². The molecule has 2 nitrogen and oxygen atoms in total. The van der Waals surface area contributed by atoms with E-state index < -0.39 is 11.9 Å². The molecule has 1 N–H and O–H groups in total. The number of aliphatic imine (C=N–C) groups is 1. The number of benzene rings is 2. The normalized spacial score (nSPS) is 12.4. The minimum atomic E-state index is -4.28. The number of thioether (sulfide) groups is 1. The number of amidine groups is 1. The molecule has 0 saturated heterocycles. The van der Waals surface area contributed by atoms with E-state index in [0.717, 1.165) is 11.1 Å². The van der Waals surface area contributed by atoms with Crippen molar-refractivity contribution >= 4 is 46.5 Å². The molecule has 0 bridgehead atoms. The molecule has 0 aliphatic heterocycles. The Morgan fingerprint density at radius 1 is 1.16 bits per heavy atom. The molecule has 0 radical (unpaired) electrons. The maximum Gasteiger partial charge on any atom is 0.398 e. The Morgan fingerprint density at radius 3 is 2.44 bits per heavy atom. The van der Waals surface area contributed by atoms with E-state index in [9.17, 15) is 13.2 Å². The van der Waals surface area contributed by atoms with E-state index in [2.05, 4.69) is 10.3 Å². The van der Waals surface area contributed by atoms with E-state index >= 15 is 0 Å². The summed E-state index contributed by atoms with van der Waals surface area (Å²) in [6.45, 7) is 1.94. The van der Waals surface area contributed by atoms with Crippen molar-refractivity contribution in [3.8, 4) is 0 Å². The monoisotopic (exact) mass is 406 g/mol. The first-order valence-electron chi connectivity index (χ1n) is 7.19. The second kappa shape index (κ2) is 8.34. The summed E-state index contributed by atoms with van der Waals surface area (Å²) in [6.07, 6.45) is -4.28. The van der Waals surface area contributed by atoms with Gasteiger partial charge in [-0.05, 0) is 24.6 Å². The van der Waals surface area contributed by atoms with E-state index in [1.807, 2.05) is 31.2 Å². The van der Waals surface area contributed by atoms with E-state index in [-0.39, 0.29) is 5.02 Å². The summed E-state index contributed by atoms with van der Waals surface area (Å²) >= 11 is 12.8. The lowest BCUT2D eigenvalue weighted by atomic mass is 10.1. The van der Waals surface area contributed by atoms with Gasteiger partial charge in [0.05, 0.1) is 21.5 Å². The zero-order valence-electron chi connectivity index (χ0n) is 13.4. The van der Waals surface area contributed by atoms with Gasteiger partial charge in [0.1, 0.15) is 5.84 Å². The number of hydrogen-bond donors (Lipinski definition) is 1. The summed E-state index contributed by atoms with van der Waals surface area (Å²) < 4.78 is 37.4. The molecule has 2 aromatic rings. The number of alkyl halides is 3. The van der Waals surface area contributed by atoms with Crippen LogP contribution in [0, 0.1) is 6.92 Å². The van der Waals surface area contributed by atoms with Gasteiger partial charge in [-0.25, -0.2) is 0 Å². The number of nitrogens with one attached hydrogen (secondary N) is 1. The Labute approximate surface area is 158 Å². The zero-order valence-corrected chi connectivity index (χ0v) is 15.7. The van der Waals surface area contributed by atoms with Gasteiger partial charge in [-0.15, -0.1) is 11.8 Å². The van der Waals surface area contributed by atoms with Crippen LogP contribution in [0.15, 0.2) is 46.3 Å². The van der Waals surface area contributed by atoms with Crippen LogP contribution in [0.1, 0.15) is 11.1 Å². The highest BCUT2D eigenvalue weighted by Gasteiger charge is 2.28. The maximum absolute atomic E-state index is 12.5. The predicted octanol–water partition coefficient (Wildman–Crippen LogP) is 6.44. The maximum atomic E-state index is 12.5. The topological polar surface area (TPSA) is 24.4 Å². The molecule has 0 aliphatic carbocycles. The van der Waals surface area contributed by atoms with Crippen molar-refractivity contribution in [2.75, 3.05) is 18.1 Å². The lowest BCUT2D eigenvalue weighted by molar-refractivity contribution is -0.105. The third-order valence-electron chi connectivity index (χ3n) is 3.29. The second-order valence-corrected chi connectivity index (χ2v) is 7.01. The highest BCUT2D eigenvalue weighted by molar-refractivity contribution is 7.99. The molecule has 2 rings (SSSR count). The Bertz CT molecular complexity index is 792. The summed E-state index contributed by atoms with van der Waals surface area (Å²) in [5.41, 5.74) is 2.33. The lowest BCUT2D eigenvalue weighted by Crippen LogP contribution is -2.15. The highest BCUT2D eigenvalue weighted by Crippen LogP contribution is 2.37. The minimum absolute atomic E-state index is 0.177. The molecule has 0 saturated carbocycles. The van der Waals surface area contributed by atoms with E-state index in [4.69, 9.17) is 23.2 Å². The molecule has 0 aromatic heterocycles. The summed E-state index contributed by atoms with van der Waals surface area (Å²) in [4.78, 5) is 4.52. The fraction of sp³-hybridized carbons (Fsp3) is 0.235. The smallest absolute Gasteiger partial charge is 0.339 e. The van der Waals surface area contributed by atoms with Crippen molar-refractivity contribution in [2.45, 2.75) is 18.0 Å². The molecule has 2 aromatic carbocycles. The third kappa shape index (κ3) is 5.56. The van der Waals surface area contributed by atoms with Crippen LogP contribution in [-0.2, 0) is 0 Å². The summed E-state index contributed by atoms with van der Waals surface area (Å²) in [5, 5.41) is 3.56. The van der Waals surface area contributed by atoms with Gasteiger partial charge in [0.2, 0.25) is 0 Å². The van der Waals surface area contributed by atoms with E-state index in [1.165, 1.54) is 12.1 Å². The van der Waals surface area contributed by atoms with Gasteiger partial charge in [0, 0.05) is 17.5 Å². The lowest BCUT2D eigenvalue weighted by Gasteiger charge is -2.15. The van der Waals surface area contributed by atoms with Crippen LogP contribution in [0.3, 0.4) is 0 Å².